The number of carbonyl (C=O) groups is 1. The lowest BCUT2D eigenvalue weighted by Crippen LogP contribution is -2.06. The summed E-state index contributed by atoms with van der Waals surface area (Å²) in [6, 6.07) is 7.57. The highest BCUT2D eigenvalue weighted by atomic mass is 19.1. The number of benzene rings is 1. The summed E-state index contributed by atoms with van der Waals surface area (Å²) in [7, 11) is 0. The van der Waals surface area contributed by atoms with Crippen molar-refractivity contribution in [3.05, 3.63) is 41.2 Å². The van der Waals surface area contributed by atoms with Crippen molar-refractivity contribution in [1.29, 1.82) is 5.26 Å². The van der Waals surface area contributed by atoms with Crippen LogP contribution in [0.15, 0.2) is 29.8 Å². The third kappa shape index (κ3) is 2.92. The quantitative estimate of drug-likeness (QED) is 0.445. The third-order valence-electron chi connectivity index (χ3n) is 1.82. The maximum atomic E-state index is 13.2. The summed E-state index contributed by atoms with van der Waals surface area (Å²) in [6.45, 7) is 1.81. The van der Waals surface area contributed by atoms with Crippen LogP contribution >= 0.6 is 0 Å². The molecule has 0 saturated carbocycles. The summed E-state index contributed by atoms with van der Waals surface area (Å²) in [6.07, 6.45) is 1.17. The Bertz CT molecular complexity index is 460. The summed E-state index contributed by atoms with van der Waals surface area (Å²) in [5, 5.41) is 8.73. The zero-order chi connectivity index (χ0) is 12.0. The number of ether oxygens (including phenoxy) is 1. The Kier molecular flexibility index (Phi) is 4.22. The molecule has 4 heteroatoms. The zero-order valence-corrected chi connectivity index (χ0v) is 8.74. The van der Waals surface area contributed by atoms with E-state index in [0.717, 1.165) is 0 Å². The molecule has 0 saturated heterocycles. The molecule has 3 nitrogen and oxygen atoms in total. The topological polar surface area (TPSA) is 50.1 Å². The van der Waals surface area contributed by atoms with E-state index in [-0.39, 0.29) is 17.7 Å². The van der Waals surface area contributed by atoms with Crippen LogP contribution in [-0.4, -0.2) is 12.6 Å². The first-order valence-corrected chi connectivity index (χ1v) is 4.72. The van der Waals surface area contributed by atoms with E-state index in [4.69, 9.17) is 5.26 Å². The Morgan fingerprint density at radius 1 is 1.56 bits per heavy atom. The number of hydrogen-bond donors (Lipinski definition) is 0. The lowest BCUT2D eigenvalue weighted by Gasteiger charge is -2.00. The molecule has 0 amide bonds. The zero-order valence-electron chi connectivity index (χ0n) is 8.74. The van der Waals surface area contributed by atoms with Crippen molar-refractivity contribution in [2.75, 3.05) is 6.61 Å². The van der Waals surface area contributed by atoms with Crippen LogP contribution in [0, 0.1) is 17.1 Å². The van der Waals surface area contributed by atoms with Crippen LogP contribution in [0.2, 0.25) is 0 Å². The minimum Gasteiger partial charge on any atom is -0.462 e. The van der Waals surface area contributed by atoms with Crippen LogP contribution in [0.1, 0.15) is 12.5 Å². The Morgan fingerprint density at radius 2 is 2.25 bits per heavy atom. The van der Waals surface area contributed by atoms with Gasteiger partial charge >= 0.3 is 5.97 Å². The van der Waals surface area contributed by atoms with Crippen molar-refractivity contribution in [3.63, 3.8) is 0 Å². The van der Waals surface area contributed by atoms with Crippen LogP contribution in [0.3, 0.4) is 0 Å². The SMILES string of the molecule is CCOC(=O)/C(C#N)=C\c1ccccc1F. The second-order valence-corrected chi connectivity index (χ2v) is 2.91. The number of nitrogens with zero attached hydrogens (tertiary/aromatic N) is 1. The van der Waals surface area contributed by atoms with E-state index >= 15 is 0 Å². The molecule has 0 atom stereocenters. The highest BCUT2D eigenvalue weighted by Crippen LogP contribution is 2.11. The molecule has 0 unspecified atom stereocenters. The van der Waals surface area contributed by atoms with Gasteiger partial charge in [0, 0.05) is 5.56 Å². The number of rotatable bonds is 3. The number of halogens is 1. The van der Waals surface area contributed by atoms with E-state index in [1.54, 1.807) is 19.1 Å². The Labute approximate surface area is 92.8 Å². The molecular weight excluding hydrogens is 209 g/mol. The molecule has 0 bridgehead atoms. The number of nitriles is 1. The van der Waals surface area contributed by atoms with E-state index in [2.05, 4.69) is 4.74 Å². The number of esters is 1. The molecule has 0 aromatic heterocycles. The van der Waals surface area contributed by atoms with Gasteiger partial charge in [0.1, 0.15) is 17.5 Å². The molecular formula is C12H10FNO2. The lowest BCUT2D eigenvalue weighted by atomic mass is 10.1. The van der Waals surface area contributed by atoms with Gasteiger partial charge < -0.3 is 4.74 Å². The van der Waals surface area contributed by atoms with E-state index < -0.39 is 11.8 Å². The second-order valence-electron chi connectivity index (χ2n) is 2.91. The Balaban J connectivity index is 3.02. The van der Waals surface area contributed by atoms with E-state index in [9.17, 15) is 9.18 Å². The van der Waals surface area contributed by atoms with E-state index in [1.165, 1.54) is 24.3 Å². The van der Waals surface area contributed by atoms with Crippen molar-refractivity contribution >= 4 is 12.0 Å². The first-order chi connectivity index (χ1) is 7.69. The monoisotopic (exact) mass is 219 g/mol. The van der Waals surface area contributed by atoms with Crippen molar-refractivity contribution in [2.45, 2.75) is 6.92 Å². The molecule has 0 N–H and O–H groups in total. The Morgan fingerprint density at radius 3 is 2.81 bits per heavy atom. The molecule has 0 radical (unpaired) electrons. The summed E-state index contributed by atoms with van der Waals surface area (Å²) in [5.74, 6) is -1.23. The van der Waals surface area contributed by atoms with E-state index in [1.807, 2.05) is 0 Å². The van der Waals surface area contributed by atoms with Gasteiger partial charge in [-0.15, -0.1) is 0 Å². The van der Waals surface area contributed by atoms with Crippen molar-refractivity contribution in [2.24, 2.45) is 0 Å². The molecule has 0 spiro atoms. The molecule has 0 aliphatic rings. The van der Waals surface area contributed by atoms with Crippen molar-refractivity contribution < 1.29 is 13.9 Å². The number of carbonyl (C=O) groups excluding carboxylic acids is 1. The smallest absolute Gasteiger partial charge is 0.348 e. The van der Waals surface area contributed by atoms with Crippen molar-refractivity contribution in [1.82, 2.24) is 0 Å². The van der Waals surface area contributed by atoms with Crippen LogP contribution < -0.4 is 0 Å². The molecule has 16 heavy (non-hydrogen) atoms. The predicted octanol–water partition coefficient (Wildman–Crippen LogP) is 2.30. The van der Waals surface area contributed by atoms with Gasteiger partial charge in [-0.1, -0.05) is 18.2 Å². The average Bonchev–Trinajstić information content (AvgIpc) is 2.28. The maximum absolute atomic E-state index is 13.2. The van der Waals surface area contributed by atoms with Gasteiger partial charge in [-0.2, -0.15) is 5.26 Å². The molecule has 0 aliphatic heterocycles. The third-order valence-corrected chi connectivity index (χ3v) is 1.82. The minimum absolute atomic E-state index is 0.176. The van der Waals surface area contributed by atoms with Gasteiger partial charge in [-0.05, 0) is 19.1 Å². The molecule has 0 fully saturated rings. The second kappa shape index (κ2) is 5.66. The van der Waals surface area contributed by atoms with Crippen LogP contribution in [0.25, 0.3) is 6.08 Å². The fourth-order valence-electron chi connectivity index (χ4n) is 1.09. The van der Waals surface area contributed by atoms with Crippen molar-refractivity contribution in [3.8, 4) is 6.07 Å². The van der Waals surface area contributed by atoms with Gasteiger partial charge in [-0.25, -0.2) is 9.18 Å². The van der Waals surface area contributed by atoms with Gasteiger partial charge in [0.2, 0.25) is 0 Å². The maximum Gasteiger partial charge on any atom is 0.348 e. The average molecular weight is 219 g/mol. The largest absolute Gasteiger partial charge is 0.462 e. The standard InChI is InChI=1S/C12H10FNO2/c1-2-16-12(15)10(8-14)7-9-5-3-4-6-11(9)13/h3-7H,2H2,1H3/b10-7-. The van der Waals surface area contributed by atoms with Gasteiger partial charge in [-0.3, -0.25) is 0 Å². The minimum atomic E-state index is -0.742. The summed E-state index contributed by atoms with van der Waals surface area (Å²) in [5.41, 5.74) is -0.0287. The first-order valence-electron chi connectivity index (χ1n) is 4.72. The van der Waals surface area contributed by atoms with Crippen LogP contribution in [-0.2, 0) is 9.53 Å². The highest BCUT2D eigenvalue weighted by molar-refractivity contribution is 5.97. The summed E-state index contributed by atoms with van der Waals surface area (Å²) < 4.78 is 17.9. The molecule has 1 rings (SSSR count). The van der Waals surface area contributed by atoms with Gasteiger partial charge in [0.05, 0.1) is 6.61 Å². The van der Waals surface area contributed by atoms with E-state index in [0.29, 0.717) is 0 Å². The molecule has 82 valence electrons. The fraction of sp³-hybridized carbons (Fsp3) is 0.167. The molecule has 0 aliphatic carbocycles. The number of hydrogen-bond acceptors (Lipinski definition) is 3. The normalized spacial score (nSPS) is 10.7. The van der Waals surface area contributed by atoms with Gasteiger partial charge in [0.15, 0.2) is 0 Å². The highest BCUT2D eigenvalue weighted by Gasteiger charge is 2.10. The summed E-state index contributed by atoms with van der Waals surface area (Å²) >= 11 is 0. The van der Waals surface area contributed by atoms with Gasteiger partial charge in [0.25, 0.3) is 0 Å². The Hall–Kier alpha value is -2.15. The van der Waals surface area contributed by atoms with Crippen LogP contribution in [0.4, 0.5) is 4.39 Å². The molecule has 1 aromatic rings. The lowest BCUT2D eigenvalue weighted by molar-refractivity contribution is -0.137. The molecule has 1 aromatic carbocycles. The predicted molar refractivity (Wildman–Crippen MR) is 56.6 cm³/mol. The first kappa shape index (κ1) is 11.9. The fourth-order valence-corrected chi connectivity index (χ4v) is 1.09. The molecule has 0 heterocycles. The summed E-state index contributed by atoms with van der Waals surface area (Å²) in [4.78, 5) is 11.3. The van der Waals surface area contributed by atoms with Crippen LogP contribution in [0.5, 0.6) is 0 Å².